The van der Waals surface area contributed by atoms with Crippen molar-refractivity contribution in [3.8, 4) is 0 Å². The third-order valence-electron chi connectivity index (χ3n) is 3.41. The third-order valence-corrected chi connectivity index (χ3v) is 6.62. The maximum absolute atomic E-state index is 12.2. The smallest absolute Gasteiger partial charge is 0.241 e. The van der Waals surface area contributed by atoms with Gasteiger partial charge in [0.15, 0.2) is 0 Å². The number of methoxy groups -OCH3 is 1. The third kappa shape index (κ3) is 2.80. The number of nitrogens with one attached hydrogen (secondary N) is 1. The van der Waals surface area contributed by atoms with E-state index in [1.807, 2.05) is 0 Å². The van der Waals surface area contributed by atoms with Crippen molar-refractivity contribution < 1.29 is 13.2 Å². The van der Waals surface area contributed by atoms with E-state index in [1.54, 1.807) is 20.1 Å². The largest absolute Gasteiger partial charge is 0.377 e. The number of aryl methyl sites for hydroxylation is 1. The molecule has 102 valence electrons. The van der Waals surface area contributed by atoms with Crippen LogP contribution in [-0.2, 0) is 14.8 Å². The molecule has 1 aromatic rings. The van der Waals surface area contributed by atoms with Crippen LogP contribution in [0.15, 0.2) is 14.7 Å². The summed E-state index contributed by atoms with van der Waals surface area (Å²) in [6.45, 7) is 2.15. The lowest BCUT2D eigenvalue weighted by atomic mass is 9.80. The van der Waals surface area contributed by atoms with Crippen LogP contribution in [0.3, 0.4) is 0 Å². The number of hydrogen-bond acceptors (Lipinski definition) is 4. The van der Waals surface area contributed by atoms with E-state index >= 15 is 0 Å². The van der Waals surface area contributed by atoms with Gasteiger partial charge >= 0.3 is 0 Å². The fourth-order valence-corrected chi connectivity index (χ4v) is 5.55. The minimum atomic E-state index is -3.44. The van der Waals surface area contributed by atoms with Crippen molar-refractivity contribution >= 4 is 37.3 Å². The van der Waals surface area contributed by atoms with Crippen molar-refractivity contribution in [2.24, 2.45) is 0 Å². The average Bonchev–Trinajstić information content (AvgIpc) is 2.57. The Morgan fingerprint density at radius 3 is 2.61 bits per heavy atom. The summed E-state index contributed by atoms with van der Waals surface area (Å²) in [7, 11) is -1.80. The number of ether oxygens (including phenoxy) is 1. The summed E-state index contributed by atoms with van der Waals surface area (Å²) in [6.07, 6.45) is 2.93. The standard InChI is InChI=1S/C11H16BrNO3S2/c1-8-9(6-10(12)17-8)18(14,15)13-7-11(16-2)4-3-5-11/h6,13H,3-5,7H2,1-2H3. The van der Waals surface area contributed by atoms with Gasteiger partial charge in [0, 0.05) is 18.5 Å². The van der Waals surface area contributed by atoms with Gasteiger partial charge in [0.25, 0.3) is 0 Å². The molecule has 0 saturated heterocycles. The first-order valence-corrected chi connectivity index (χ1v) is 8.79. The van der Waals surface area contributed by atoms with Crippen LogP contribution in [0, 0.1) is 6.92 Å². The van der Waals surface area contributed by atoms with Gasteiger partial charge < -0.3 is 4.74 Å². The molecule has 1 aliphatic carbocycles. The van der Waals surface area contributed by atoms with Gasteiger partial charge in [-0.3, -0.25) is 0 Å². The number of sulfonamides is 1. The molecule has 0 atom stereocenters. The first-order chi connectivity index (χ1) is 8.38. The zero-order valence-corrected chi connectivity index (χ0v) is 13.5. The van der Waals surface area contributed by atoms with Gasteiger partial charge in [-0.25, -0.2) is 13.1 Å². The van der Waals surface area contributed by atoms with Crippen LogP contribution in [0.2, 0.25) is 0 Å². The highest BCUT2D eigenvalue weighted by atomic mass is 79.9. The predicted octanol–water partition coefficient (Wildman–Crippen LogP) is 2.67. The molecule has 1 aliphatic rings. The van der Waals surface area contributed by atoms with E-state index < -0.39 is 10.0 Å². The zero-order chi connectivity index (χ0) is 13.4. The Morgan fingerprint density at radius 2 is 2.22 bits per heavy atom. The van der Waals surface area contributed by atoms with E-state index in [1.165, 1.54) is 11.3 Å². The van der Waals surface area contributed by atoms with E-state index in [9.17, 15) is 8.42 Å². The van der Waals surface area contributed by atoms with Crippen LogP contribution < -0.4 is 4.72 Å². The Hall–Kier alpha value is 0.0500. The first kappa shape index (κ1) is 14.5. The fraction of sp³-hybridized carbons (Fsp3) is 0.636. The summed E-state index contributed by atoms with van der Waals surface area (Å²) in [5, 5.41) is 0. The predicted molar refractivity (Wildman–Crippen MR) is 75.5 cm³/mol. The average molecular weight is 354 g/mol. The minimum Gasteiger partial charge on any atom is -0.377 e. The number of rotatable bonds is 5. The lowest BCUT2D eigenvalue weighted by Crippen LogP contribution is -2.49. The zero-order valence-electron chi connectivity index (χ0n) is 10.3. The Balaban J connectivity index is 2.10. The second-order valence-corrected chi connectivity index (χ2v) is 8.91. The summed E-state index contributed by atoms with van der Waals surface area (Å²) in [5.41, 5.74) is -0.297. The van der Waals surface area contributed by atoms with Crippen molar-refractivity contribution in [3.63, 3.8) is 0 Å². The molecule has 1 N–H and O–H groups in total. The molecule has 1 aromatic heterocycles. The number of thiophene rings is 1. The topological polar surface area (TPSA) is 55.4 Å². The normalized spacial score (nSPS) is 18.6. The Kier molecular flexibility index (Phi) is 4.18. The van der Waals surface area contributed by atoms with Crippen molar-refractivity contribution in [1.82, 2.24) is 4.72 Å². The highest BCUT2D eigenvalue weighted by molar-refractivity contribution is 9.11. The van der Waals surface area contributed by atoms with Gasteiger partial charge in [-0.2, -0.15) is 0 Å². The van der Waals surface area contributed by atoms with E-state index in [-0.39, 0.29) is 5.60 Å². The van der Waals surface area contributed by atoms with Gasteiger partial charge in [-0.15, -0.1) is 11.3 Å². The molecule has 1 saturated carbocycles. The Bertz CT molecular complexity index is 529. The molecule has 0 radical (unpaired) electrons. The molecule has 0 aliphatic heterocycles. The molecule has 0 unspecified atom stereocenters. The first-order valence-electron chi connectivity index (χ1n) is 5.69. The SMILES string of the molecule is COC1(CNS(=O)(=O)c2cc(Br)sc2C)CCC1. The molecule has 0 bridgehead atoms. The Morgan fingerprint density at radius 1 is 1.56 bits per heavy atom. The second kappa shape index (κ2) is 5.20. The van der Waals surface area contributed by atoms with Crippen molar-refractivity contribution in [2.75, 3.05) is 13.7 Å². The summed E-state index contributed by atoms with van der Waals surface area (Å²) in [6, 6.07) is 1.64. The molecule has 7 heteroatoms. The quantitative estimate of drug-likeness (QED) is 0.885. The van der Waals surface area contributed by atoms with Crippen molar-refractivity contribution in [2.45, 2.75) is 36.7 Å². The monoisotopic (exact) mass is 353 g/mol. The summed E-state index contributed by atoms with van der Waals surface area (Å²) in [4.78, 5) is 1.14. The van der Waals surface area contributed by atoms with Crippen LogP contribution in [0.1, 0.15) is 24.1 Å². The molecule has 0 amide bonds. The summed E-state index contributed by atoms with van der Waals surface area (Å²) >= 11 is 4.73. The van der Waals surface area contributed by atoms with Gasteiger partial charge in [0.2, 0.25) is 10.0 Å². The van der Waals surface area contributed by atoms with Gasteiger partial charge in [-0.05, 0) is 48.2 Å². The van der Waals surface area contributed by atoms with Crippen LogP contribution in [0.4, 0.5) is 0 Å². The molecule has 0 aromatic carbocycles. The van der Waals surface area contributed by atoms with Gasteiger partial charge in [0.1, 0.15) is 0 Å². The maximum Gasteiger partial charge on any atom is 0.241 e. The minimum absolute atomic E-state index is 0.297. The number of halogens is 1. The number of hydrogen-bond donors (Lipinski definition) is 1. The van der Waals surface area contributed by atoms with Gasteiger partial charge in [0.05, 0.1) is 14.3 Å². The summed E-state index contributed by atoms with van der Waals surface area (Å²) in [5.74, 6) is 0. The molecular formula is C11H16BrNO3S2. The molecule has 4 nitrogen and oxygen atoms in total. The van der Waals surface area contributed by atoms with E-state index in [4.69, 9.17) is 4.74 Å². The van der Waals surface area contributed by atoms with Crippen molar-refractivity contribution in [1.29, 1.82) is 0 Å². The molecule has 0 spiro atoms. The van der Waals surface area contributed by atoms with E-state index in [2.05, 4.69) is 20.7 Å². The van der Waals surface area contributed by atoms with Crippen LogP contribution in [0.25, 0.3) is 0 Å². The maximum atomic E-state index is 12.2. The Labute approximate surface area is 120 Å². The molecule has 2 rings (SSSR count). The molecule has 1 fully saturated rings. The fourth-order valence-electron chi connectivity index (χ4n) is 2.03. The van der Waals surface area contributed by atoms with Crippen LogP contribution in [-0.4, -0.2) is 27.7 Å². The van der Waals surface area contributed by atoms with E-state index in [0.717, 1.165) is 27.9 Å². The van der Waals surface area contributed by atoms with E-state index in [0.29, 0.717) is 11.4 Å². The molecule has 18 heavy (non-hydrogen) atoms. The van der Waals surface area contributed by atoms with Crippen molar-refractivity contribution in [3.05, 3.63) is 14.7 Å². The van der Waals surface area contributed by atoms with Crippen LogP contribution in [0.5, 0.6) is 0 Å². The molecule has 1 heterocycles. The highest BCUT2D eigenvalue weighted by Gasteiger charge is 2.38. The lowest BCUT2D eigenvalue weighted by molar-refractivity contribution is -0.0659. The van der Waals surface area contributed by atoms with Crippen LogP contribution >= 0.6 is 27.3 Å². The molecular weight excluding hydrogens is 338 g/mol. The summed E-state index contributed by atoms with van der Waals surface area (Å²) < 4.78 is 33.3. The highest BCUT2D eigenvalue weighted by Crippen LogP contribution is 2.35. The second-order valence-electron chi connectivity index (χ2n) is 4.54. The lowest BCUT2D eigenvalue weighted by Gasteiger charge is -2.40. The van der Waals surface area contributed by atoms with Gasteiger partial charge in [-0.1, -0.05) is 0 Å².